The van der Waals surface area contributed by atoms with Crippen molar-refractivity contribution in [2.45, 2.75) is 20.3 Å². The van der Waals surface area contributed by atoms with Gasteiger partial charge in [-0.2, -0.15) is 0 Å². The van der Waals surface area contributed by atoms with Gasteiger partial charge in [-0.1, -0.05) is 44.5 Å². The highest BCUT2D eigenvalue weighted by Crippen LogP contribution is 2.12. The molecule has 1 heteroatoms. The van der Waals surface area contributed by atoms with Gasteiger partial charge in [0.15, 0.2) is 0 Å². The molecule has 1 aromatic carbocycles. The summed E-state index contributed by atoms with van der Waals surface area (Å²) >= 11 is 0. The van der Waals surface area contributed by atoms with Crippen molar-refractivity contribution in [3.63, 3.8) is 0 Å². The number of hydrogen-bond acceptors (Lipinski definition) is 1. The fraction of sp³-hybridized carbons (Fsp3) is 0.273. The Morgan fingerprint density at radius 2 is 1.42 bits per heavy atom. The third-order valence-electron chi connectivity index (χ3n) is 1.39. The SMILES string of the molecule is CCC.c1ccc2cocc2c1. The van der Waals surface area contributed by atoms with Gasteiger partial charge in [0.25, 0.3) is 0 Å². The summed E-state index contributed by atoms with van der Waals surface area (Å²) in [5, 5.41) is 2.33. The molecular formula is C11H14O. The standard InChI is InChI=1S/C8H6O.C3H8/c1-2-4-8-6-9-5-7(8)3-1;1-3-2/h1-6H;3H2,1-2H3. The fourth-order valence-electron chi connectivity index (χ4n) is 0.906. The normalized spacial score (nSPS) is 9.17. The Kier molecular flexibility index (Phi) is 3.39. The second-order valence-electron chi connectivity index (χ2n) is 2.71. The maximum absolute atomic E-state index is 4.96. The summed E-state index contributed by atoms with van der Waals surface area (Å²) in [6.45, 7) is 4.25. The third-order valence-corrected chi connectivity index (χ3v) is 1.39. The van der Waals surface area contributed by atoms with Gasteiger partial charge in [0.2, 0.25) is 0 Å². The minimum atomic E-state index is 1.16. The van der Waals surface area contributed by atoms with Gasteiger partial charge in [-0.15, -0.1) is 0 Å². The van der Waals surface area contributed by atoms with Crippen LogP contribution in [0.3, 0.4) is 0 Å². The molecule has 0 aliphatic carbocycles. The van der Waals surface area contributed by atoms with Crippen molar-refractivity contribution in [2.24, 2.45) is 0 Å². The van der Waals surface area contributed by atoms with Crippen molar-refractivity contribution in [3.05, 3.63) is 36.8 Å². The van der Waals surface area contributed by atoms with Crippen LogP contribution < -0.4 is 0 Å². The van der Waals surface area contributed by atoms with Gasteiger partial charge in [0.05, 0.1) is 12.5 Å². The Hall–Kier alpha value is -1.24. The molecule has 64 valence electrons. The molecule has 0 atom stereocenters. The summed E-state index contributed by atoms with van der Waals surface area (Å²) in [6.07, 6.45) is 4.74. The summed E-state index contributed by atoms with van der Waals surface area (Å²) in [4.78, 5) is 0. The number of benzene rings is 1. The van der Waals surface area contributed by atoms with Gasteiger partial charge in [0.1, 0.15) is 0 Å². The Morgan fingerprint density at radius 3 is 1.83 bits per heavy atom. The smallest absolute Gasteiger partial charge is 0.0981 e. The first-order valence-corrected chi connectivity index (χ1v) is 4.29. The van der Waals surface area contributed by atoms with E-state index in [1.165, 1.54) is 6.42 Å². The second kappa shape index (κ2) is 4.60. The number of rotatable bonds is 0. The lowest BCUT2D eigenvalue weighted by Crippen LogP contribution is -1.57. The predicted molar refractivity (Wildman–Crippen MR) is 52.2 cm³/mol. The minimum Gasteiger partial charge on any atom is -0.471 e. The number of hydrogen-bond donors (Lipinski definition) is 0. The van der Waals surface area contributed by atoms with E-state index in [-0.39, 0.29) is 0 Å². The average Bonchev–Trinajstić information content (AvgIpc) is 2.52. The minimum absolute atomic E-state index is 1.16. The van der Waals surface area contributed by atoms with Crippen molar-refractivity contribution in [1.82, 2.24) is 0 Å². The van der Waals surface area contributed by atoms with Crippen LogP contribution in [0.2, 0.25) is 0 Å². The largest absolute Gasteiger partial charge is 0.471 e. The van der Waals surface area contributed by atoms with Gasteiger partial charge in [-0.25, -0.2) is 0 Å². The lowest BCUT2D eigenvalue weighted by atomic mass is 10.2. The van der Waals surface area contributed by atoms with Crippen LogP contribution in [0, 0.1) is 0 Å². The Balaban J connectivity index is 0.000000213. The van der Waals surface area contributed by atoms with Crippen molar-refractivity contribution in [3.8, 4) is 0 Å². The van der Waals surface area contributed by atoms with E-state index in [1.54, 1.807) is 12.5 Å². The molecule has 0 unspecified atom stereocenters. The van der Waals surface area contributed by atoms with Crippen molar-refractivity contribution in [1.29, 1.82) is 0 Å². The fourth-order valence-corrected chi connectivity index (χ4v) is 0.906. The second-order valence-corrected chi connectivity index (χ2v) is 2.71. The first-order valence-electron chi connectivity index (χ1n) is 4.29. The molecular weight excluding hydrogens is 148 g/mol. The van der Waals surface area contributed by atoms with Crippen molar-refractivity contribution < 1.29 is 4.42 Å². The van der Waals surface area contributed by atoms with Crippen LogP contribution in [0.15, 0.2) is 41.2 Å². The lowest BCUT2D eigenvalue weighted by molar-refractivity contribution is 0.572. The van der Waals surface area contributed by atoms with E-state index in [4.69, 9.17) is 4.42 Å². The molecule has 0 bridgehead atoms. The van der Waals surface area contributed by atoms with Crippen LogP contribution in [-0.4, -0.2) is 0 Å². The topological polar surface area (TPSA) is 13.1 Å². The van der Waals surface area contributed by atoms with Crippen LogP contribution in [0.25, 0.3) is 10.8 Å². The van der Waals surface area contributed by atoms with Gasteiger partial charge in [-0.3, -0.25) is 0 Å². The molecule has 1 nitrogen and oxygen atoms in total. The van der Waals surface area contributed by atoms with Crippen LogP contribution >= 0.6 is 0 Å². The first-order chi connectivity index (χ1) is 5.88. The molecule has 12 heavy (non-hydrogen) atoms. The molecule has 0 aliphatic heterocycles. The quantitative estimate of drug-likeness (QED) is 0.573. The molecule has 2 rings (SSSR count). The van der Waals surface area contributed by atoms with Gasteiger partial charge in [0, 0.05) is 10.8 Å². The van der Waals surface area contributed by atoms with E-state index in [0.717, 1.165) is 10.8 Å². The molecule has 0 saturated carbocycles. The summed E-state index contributed by atoms with van der Waals surface area (Å²) in [5.41, 5.74) is 0. The molecule has 0 N–H and O–H groups in total. The molecule has 1 heterocycles. The van der Waals surface area contributed by atoms with E-state index in [0.29, 0.717) is 0 Å². The van der Waals surface area contributed by atoms with Crippen LogP contribution in [0.4, 0.5) is 0 Å². The summed E-state index contributed by atoms with van der Waals surface area (Å²) in [5.74, 6) is 0. The number of furan rings is 1. The highest BCUT2D eigenvalue weighted by molar-refractivity contribution is 5.80. The van der Waals surface area contributed by atoms with Gasteiger partial charge >= 0.3 is 0 Å². The zero-order valence-corrected chi connectivity index (χ0v) is 7.58. The molecule has 0 fully saturated rings. The Bertz CT molecular complexity index is 292. The van der Waals surface area contributed by atoms with E-state index in [1.807, 2.05) is 24.3 Å². The monoisotopic (exact) mass is 162 g/mol. The van der Waals surface area contributed by atoms with Gasteiger partial charge < -0.3 is 4.42 Å². The zero-order chi connectivity index (χ0) is 8.81. The Morgan fingerprint density at radius 1 is 1.00 bits per heavy atom. The first kappa shape index (κ1) is 8.85. The highest BCUT2D eigenvalue weighted by atomic mass is 16.3. The van der Waals surface area contributed by atoms with Gasteiger partial charge in [-0.05, 0) is 0 Å². The summed E-state index contributed by atoms with van der Waals surface area (Å²) in [6, 6.07) is 8.05. The molecule has 1 aromatic heterocycles. The van der Waals surface area contributed by atoms with Crippen molar-refractivity contribution in [2.75, 3.05) is 0 Å². The van der Waals surface area contributed by atoms with Crippen molar-refractivity contribution >= 4 is 10.8 Å². The highest BCUT2D eigenvalue weighted by Gasteiger charge is 1.89. The molecule has 0 aliphatic rings. The lowest BCUT2D eigenvalue weighted by Gasteiger charge is -1.80. The van der Waals surface area contributed by atoms with E-state index >= 15 is 0 Å². The van der Waals surface area contributed by atoms with E-state index in [9.17, 15) is 0 Å². The molecule has 0 amide bonds. The molecule has 2 aromatic rings. The molecule has 0 saturated heterocycles. The molecule has 0 radical (unpaired) electrons. The maximum atomic E-state index is 4.96. The van der Waals surface area contributed by atoms with Crippen LogP contribution in [-0.2, 0) is 0 Å². The third kappa shape index (κ3) is 2.12. The average molecular weight is 162 g/mol. The predicted octanol–water partition coefficient (Wildman–Crippen LogP) is 3.85. The number of fused-ring (bicyclic) bond motifs is 1. The summed E-state index contributed by atoms with van der Waals surface area (Å²) in [7, 11) is 0. The maximum Gasteiger partial charge on any atom is 0.0981 e. The Labute approximate surface area is 73.0 Å². The summed E-state index contributed by atoms with van der Waals surface area (Å²) < 4.78 is 4.96. The van der Waals surface area contributed by atoms with Crippen LogP contribution in [0.5, 0.6) is 0 Å². The van der Waals surface area contributed by atoms with Crippen LogP contribution in [0.1, 0.15) is 20.3 Å². The van der Waals surface area contributed by atoms with E-state index < -0.39 is 0 Å². The zero-order valence-electron chi connectivity index (χ0n) is 7.58. The van der Waals surface area contributed by atoms with E-state index in [2.05, 4.69) is 13.8 Å². The molecule has 0 spiro atoms.